The Morgan fingerprint density at radius 2 is 0.833 bits per heavy atom. The zero-order valence-corrected chi connectivity index (χ0v) is 34.9. The Hall–Kier alpha value is -3.18. The highest BCUT2D eigenvalue weighted by Gasteiger charge is 2.17. The smallest absolute Gasteiger partial charge is 0.306 e. The first-order chi connectivity index (χ1) is 26.6. The Morgan fingerprint density at radius 1 is 0.426 bits per heavy atom. The molecule has 0 aliphatic rings. The van der Waals surface area contributed by atoms with Crippen molar-refractivity contribution in [2.45, 2.75) is 181 Å². The first-order valence-corrected chi connectivity index (χ1v) is 21.8. The molecule has 0 fully saturated rings. The molecule has 0 aromatic rings. The Bertz CT molecular complexity index is 1070. The van der Waals surface area contributed by atoms with Gasteiger partial charge < -0.3 is 14.2 Å². The van der Waals surface area contributed by atoms with Crippen molar-refractivity contribution in [2.75, 3.05) is 19.8 Å². The van der Waals surface area contributed by atoms with Gasteiger partial charge in [-0.3, -0.25) is 9.59 Å². The molecule has 0 rings (SSSR count). The van der Waals surface area contributed by atoms with Crippen molar-refractivity contribution >= 4 is 11.9 Å². The fraction of sp³-hybridized carbons (Fsp3) is 0.633. The number of rotatable bonds is 38. The van der Waals surface area contributed by atoms with Gasteiger partial charge in [0.1, 0.15) is 6.61 Å². The number of carbonyl (C=O) groups is 2. The molecule has 0 amide bonds. The fourth-order valence-electron chi connectivity index (χ4n) is 5.47. The lowest BCUT2D eigenvalue weighted by atomic mass is 10.1. The third kappa shape index (κ3) is 41.6. The van der Waals surface area contributed by atoms with E-state index in [0.717, 1.165) is 103 Å². The molecule has 0 saturated carbocycles. The van der Waals surface area contributed by atoms with Gasteiger partial charge in [0, 0.05) is 12.8 Å². The highest BCUT2D eigenvalue weighted by atomic mass is 16.6. The van der Waals surface area contributed by atoms with E-state index in [1.165, 1.54) is 38.5 Å². The van der Waals surface area contributed by atoms with Crippen LogP contribution in [0.1, 0.15) is 175 Å². The summed E-state index contributed by atoms with van der Waals surface area (Å²) in [5, 5.41) is 0. The SMILES string of the molecule is CC/C=C\C/C=C\C/C=C\C/C=C\C/C=C\CCOCC(COC(=O)CCCCCCC/C=C\C/C=C\C/C=C\CC)OC(=O)CCCCCCCCC. The lowest BCUT2D eigenvalue weighted by Gasteiger charge is -2.18. The second kappa shape index (κ2) is 44.2. The van der Waals surface area contributed by atoms with Crippen molar-refractivity contribution in [2.24, 2.45) is 0 Å². The maximum Gasteiger partial charge on any atom is 0.306 e. The zero-order chi connectivity index (χ0) is 39.3. The molecular weight excluding hydrogens is 669 g/mol. The number of allylic oxidation sites excluding steroid dienone is 15. The minimum Gasteiger partial charge on any atom is -0.462 e. The Morgan fingerprint density at radius 3 is 1.33 bits per heavy atom. The third-order valence-electron chi connectivity index (χ3n) is 8.63. The fourth-order valence-corrected chi connectivity index (χ4v) is 5.47. The van der Waals surface area contributed by atoms with Crippen LogP contribution < -0.4 is 0 Å². The Labute approximate surface area is 332 Å². The molecule has 0 aromatic heterocycles. The third-order valence-corrected chi connectivity index (χ3v) is 8.63. The van der Waals surface area contributed by atoms with Crippen molar-refractivity contribution in [1.82, 2.24) is 0 Å². The van der Waals surface area contributed by atoms with Crippen LogP contribution in [0.4, 0.5) is 0 Å². The standard InChI is InChI=1S/C49H80O5/c1-4-7-10-13-16-18-20-22-24-26-28-30-32-35-38-41-44-52-45-47(54-49(51)43-40-37-33-15-12-9-6-3)46-53-48(50)42-39-36-34-31-29-27-25-23-21-19-17-14-11-8-5-2/h7-8,10-11,16-19,22-25,28,30,35,38,47H,4-6,9,12-15,20-21,26-27,29,31-34,36-37,39-46H2,1-3H3/b10-7-,11-8-,18-16-,19-17-,24-22-,25-23-,30-28-,38-35-. The van der Waals surface area contributed by atoms with Crippen LogP contribution in [-0.4, -0.2) is 37.9 Å². The Kier molecular flexibility index (Phi) is 41.6. The van der Waals surface area contributed by atoms with Crippen molar-refractivity contribution in [3.05, 3.63) is 97.2 Å². The van der Waals surface area contributed by atoms with Crippen LogP contribution in [0.25, 0.3) is 0 Å². The van der Waals surface area contributed by atoms with E-state index < -0.39 is 6.10 Å². The summed E-state index contributed by atoms with van der Waals surface area (Å²) in [7, 11) is 0. The molecule has 54 heavy (non-hydrogen) atoms. The number of carbonyl (C=O) groups excluding carboxylic acids is 2. The first kappa shape index (κ1) is 50.8. The molecule has 0 aliphatic carbocycles. The maximum absolute atomic E-state index is 12.6. The van der Waals surface area contributed by atoms with Crippen LogP contribution in [0.3, 0.4) is 0 Å². The molecule has 0 N–H and O–H groups in total. The summed E-state index contributed by atoms with van der Waals surface area (Å²) in [6, 6.07) is 0. The molecule has 0 radical (unpaired) electrons. The van der Waals surface area contributed by atoms with E-state index in [0.29, 0.717) is 19.4 Å². The average Bonchev–Trinajstić information content (AvgIpc) is 3.17. The predicted octanol–water partition coefficient (Wildman–Crippen LogP) is 14.3. The second-order valence-corrected chi connectivity index (χ2v) is 13.8. The van der Waals surface area contributed by atoms with Crippen LogP contribution in [0.5, 0.6) is 0 Å². The van der Waals surface area contributed by atoms with E-state index in [4.69, 9.17) is 14.2 Å². The largest absolute Gasteiger partial charge is 0.462 e. The molecule has 306 valence electrons. The van der Waals surface area contributed by atoms with Gasteiger partial charge in [0.05, 0.1) is 13.2 Å². The van der Waals surface area contributed by atoms with Crippen molar-refractivity contribution in [1.29, 1.82) is 0 Å². The van der Waals surface area contributed by atoms with Gasteiger partial charge in [-0.2, -0.15) is 0 Å². The quantitative estimate of drug-likeness (QED) is 0.0357. The van der Waals surface area contributed by atoms with Crippen LogP contribution >= 0.6 is 0 Å². The van der Waals surface area contributed by atoms with Crippen LogP contribution in [-0.2, 0) is 23.8 Å². The average molecular weight is 749 g/mol. The summed E-state index contributed by atoms with van der Waals surface area (Å²) < 4.78 is 17.1. The molecule has 0 saturated heterocycles. The van der Waals surface area contributed by atoms with Crippen LogP contribution in [0.2, 0.25) is 0 Å². The monoisotopic (exact) mass is 749 g/mol. The summed E-state index contributed by atoms with van der Waals surface area (Å²) in [6.07, 6.45) is 58.6. The van der Waals surface area contributed by atoms with Gasteiger partial charge >= 0.3 is 11.9 Å². The minimum absolute atomic E-state index is 0.0419. The van der Waals surface area contributed by atoms with Crippen molar-refractivity contribution in [3.8, 4) is 0 Å². The number of unbranched alkanes of at least 4 members (excludes halogenated alkanes) is 11. The molecule has 5 nitrogen and oxygen atoms in total. The molecule has 0 spiro atoms. The highest BCUT2D eigenvalue weighted by molar-refractivity contribution is 5.70. The van der Waals surface area contributed by atoms with E-state index in [2.05, 4.69) is 118 Å². The summed E-state index contributed by atoms with van der Waals surface area (Å²) in [6.45, 7) is 7.31. The van der Waals surface area contributed by atoms with Gasteiger partial charge in [-0.25, -0.2) is 0 Å². The van der Waals surface area contributed by atoms with Crippen molar-refractivity contribution in [3.63, 3.8) is 0 Å². The predicted molar refractivity (Wildman–Crippen MR) is 233 cm³/mol. The van der Waals surface area contributed by atoms with Gasteiger partial charge in [0.2, 0.25) is 0 Å². The molecular formula is C49H80O5. The maximum atomic E-state index is 12.6. The molecule has 0 aliphatic heterocycles. The number of hydrogen-bond acceptors (Lipinski definition) is 5. The number of esters is 2. The number of hydrogen-bond donors (Lipinski definition) is 0. The normalized spacial score (nSPS) is 13.2. The summed E-state index contributed by atoms with van der Waals surface area (Å²) in [5.41, 5.74) is 0. The van der Waals surface area contributed by atoms with Crippen LogP contribution in [0, 0.1) is 0 Å². The summed E-state index contributed by atoms with van der Waals surface area (Å²) in [5.74, 6) is -0.472. The minimum atomic E-state index is -0.583. The zero-order valence-electron chi connectivity index (χ0n) is 34.9. The molecule has 1 unspecified atom stereocenters. The number of ether oxygens (including phenoxy) is 3. The van der Waals surface area contributed by atoms with Gasteiger partial charge in [-0.05, 0) is 83.5 Å². The molecule has 0 heterocycles. The topological polar surface area (TPSA) is 61.8 Å². The van der Waals surface area contributed by atoms with Gasteiger partial charge in [0.25, 0.3) is 0 Å². The van der Waals surface area contributed by atoms with E-state index in [-0.39, 0.29) is 25.2 Å². The molecule has 1 atom stereocenters. The first-order valence-electron chi connectivity index (χ1n) is 21.8. The molecule has 0 aromatic carbocycles. The van der Waals surface area contributed by atoms with Crippen molar-refractivity contribution < 1.29 is 23.8 Å². The van der Waals surface area contributed by atoms with E-state index in [1.54, 1.807) is 0 Å². The van der Waals surface area contributed by atoms with Gasteiger partial charge in [-0.15, -0.1) is 0 Å². The van der Waals surface area contributed by atoms with Gasteiger partial charge in [-0.1, -0.05) is 176 Å². The lowest BCUT2D eigenvalue weighted by molar-refractivity contribution is -0.162. The highest BCUT2D eigenvalue weighted by Crippen LogP contribution is 2.11. The lowest BCUT2D eigenvalue weighted by Crippen LogP contribution is -2.30. The van der Waals surface area contributed by atoms with Gasteiger partial charge in [0.15, 0.2) is 6.10 Å². The summed E-state index contributed by atoms with van der Waals surface area (Å²) >= 11 is 0. The van der Waals surface area contributed by atoms with Crippen LogP contribution in [0.15, 0.2) is 97.2 Å². The van der Waals surface area contributed by atoms with E-state index in [9.17, 15) is 9.59 Å². The summed E-state index contributed by atoms with van der Waals surface area (Å²) in [4.78, 5) is 25.1. The molecule has 0 bridgehead atoms. The van der Waals surface area contributed by atoms with E-state index >= 15 is 0 Å². The van der Waals surface area contributed by atoms with E-state index in [1.807, 2.05) is 0 Å². The molecule has 5 heteroatoms. The second-order valence-electron chi connectivity index (χ2n) is 13.8. The Balaban J connectivity index is 4.34.